The van der Waals surface area contributed by atoms with Crippen LogP contribution in [0.5, 0.6) is 0 Å². The summed E-state index contributed by atoms with van der Waals surface area (Å²) < 4.78 is 54.0. The molecule has 0 aliphatic carbocycles. The Morgan fingerprint density at radius 1 is 1.07 bits per heavy atom. The van der Waals surface area contributed by atoms with E-state index < -0.39 is 17.6 Å². The van der Waals surface area contributed by atoms with E-state index in [1.165, 1.54) is 22.9 Å². The van der Waals surface area contributed by atoms with Gasteiger partial charge in [-0.2, -0.15) is 18.3 Å². The highest BCUT2D eigenvalue weighted by atomic mass is 19.4. The number of amides is 2. The first-order chi connectivity index (χ1) is 19.4. The molecular formula is C29H32F4N6O2. The lowest BCUT2D eigenvalue weighted by Gasteiger charge is -2.24. The molecule has 0 spiro atoms. The van der Waals surface area contributed by atoms with E-state index in [1.807, 2.05) is 11.0 Å². The van der Waals surface area contributed by atoms with E-state index in [-0.39, 0.29) is 29.9 Å². The van der Waals surface area contributed by atoms with Crippen LogP contribution >= 0.6 is 0 Å². The van der Waals surface area contributed by atoms with Gasteiger partial charge in [-0.1, -0.05) is 12.1 Å². The van der Waals surface area contributed by atoms with Gasteiger partial charge in [0.1, 0.15) is 5.82 Å². The van der Waals surface area contributed by atoms with Crippen LogP contribution < -0.4 is 5.73 Å². The van der Waals surface area contributed by atoms with Crippen molar-refractivity contribution in [3.63, 3.8) is 0 Å². The maximum Gasteiger partial charge on any atom is 0.417 e. The zero-order valence-corrected chi connectivity index (χ0v) is 22.9. The van der Waals surface area contributed by atoms with Gasteiger partial charge in [0.15, 0.2) is 5.82 Å². The highest BCUT2D eigenvalue weighted by Crippen LogP contribution is 2.34. The number of primary amides is 1. The topological polar surface area (TPSA) is 97.3 Å². The van der Waals surface area contributed by atoms with Crippen LogP contribution in [0.3, 0.4) is 0 Å². The number of hydrogen-bond acceptors (Lipinski definition) is 5. The van der Waals surface area contributed by atoms with E-state index in [0.29, 0.717) is 48.3 Å². The average molecular weight is 573 g/mol. The Bertz CT molecular complexity index is 1420. The Morgan fingerprint density at radius 2 is 1.78 bits per heavy atom. The maximum absolute atomic E-state index is 13.8. The molecule has 12 heteroatoms. The predicted octanol–water partition coefficient (Wildman–Crippen LogP) is 4.10. The molecule has 2 fully saturated rings. The fraction of sp³-hybridized carbons (Fsp3) is 0.448. The zero-order valence-electron chi connectivity index (χ0n) is 22.9. The number of aromatic nitrogens is 3. The third kappa shape index (κ3) is 6.12. The number of halogens is 4. The third-order valence-electron chi connectivity index (χ3n) is 8.21. The minimum Gasteiger partial charge on any atom is -0.370 e. The summed E-state index contributed by atoms with van der Waals surface area (Å²) in [5.41, 5.74) is 6.82. The van der Waals surface area contributed by atoms with E-state index in [2.05, 4.69) is 15.0 Å². The first-order valence-corrected chi connectivity index (χ1v) is 13.6. The van der Waals surface area contributed by atoms with Gasteiger partial charge in [0, 0.05) is 38.8 Å². The molecule has 2 unspecified atom stereocenters. The number of carbonyl (C=O) groups is 2. The van der Waals surface area contributed by atoms with E-state index in [1.54, 1.807) is 19.9 Å². The summed E-state index contributed by atoms with van der Waals surface area (Å²) >= 11 is 0. The Kier molecular flexibility index (Phi) is 7.87. The molecule has 2 N–H and O–H groups in total. The lowest BCUT2D eigenvalue weighted by atomic mass is 9.92. The number of fused-ring (bicyclic) bond motifs is 1. The molecule has 2 aromatic heterocycles. The van der Waals surface area contributed by atoms with Crippen LogP contribution in [0.2, 0.25) is 0 Å². The second-order valence-corrected chi connectivity index (χ2v) is 11.1. The number of alkyl halides is 3. The minimum absolute atomic E-state index is 0.147. The first kappa shape index (κ1) is 28.7. The van der Waals surface area contributed by atoms with Gasteiger partial charge in [-0.3, -0.25) is 9.59 Å². The number of benzene rings is 1. The van der Waals surface area contributed by atoms with E-state index in [0.717, 1.165) is 37.5 Å². The van der Waals surface area contributed by atoms with Gasteiger partial charge in [-0.05, 0) is 74.4 Å². The van der Waals surface area contributed by atoms with Gasteiger partial charge in [-0.25, -0.2) is 14.1 Å². The van der Waals surface area contributed by atoms with Gasteiger partial charge in [-0.15, -0.1) is 0 Å². The summed E-state index contributed by atoms with van der Waals surface area (Å²) in [5.74, 6) is -0.266. The number of carbonyl (C=O) groups excluding carboxylic acids is 2. The first-order valence-electron chi connectivity index (χ1n) is 13.6. The third-order valence-corrected chi connectivity index (χ3v) is 8.21. The van der Waals surface area contributed by atoms with Crippen LogP contribution in [0.25, 0.3) is 5.82 Å². The standard InChI is InChI=1S/C29H32F4N6O2/c1-17-27(18(2)39(36-17)26-7-6-23(12-35-26)29(31,32)33)28(41)38-15-21-13-37(14-22(21)16-38)9-8-20(11-25(34)40)19-4-3-5-24(30)10-19/h3-7,10,12,20-22H,8-9,11,13-16H2,1-2H3,(H2,34,40)/t20-,21?,22?/m0/s1. The van der Waals surface area contributed by atoms with Crippen molar-refractivity contribution in [1.82, 2.24) is 24.6 Å². The van der Waals surface area contributed by atoms with Crippen molar-refractivity contribution in [2.45, 2.75) is 38.8 Å². The fourth-order valence-corrected chi connectivity index (χ4v) is 6.18. The monoisotopic (exact) mass is 572 g/mol. The fourth-order valence-electron chi connectivity index (χ4n) is 6.18. The summed E-state index contributed by atoms with van der Waals surface area (Å²) in [4.78, 5) is 33.3. The van der Waals surface area contributed by atoms with Crippen molar-refractivity contribution in [2.75, 3.05) is 32.7 Å². The number of nitrogens with two attached hydrogens (primary N) is 1. The molecule has 0 saturated carbocycles. The summed E-state index contributed by atoms with van der Waals surface area (Å²) in [6.07, 6.45) is -2.91. The van der Waals surface area contributed by atoms with Gasteiger partial charge in [0.05, 0.1) is 22.5 Å². The molecule has 2 aliphatic rings. The summed E-state index contributed by atoms with van der Waals surface area (Å²) in [5, 5.41) is 4.40. The van der Waals surface area contributed by atoms with E-state index in [4.69, 9.17) is 5.73 Å². The summed E-state index contributed by atoms with van der Waals surface area (Å²) in [6, 6.07) is 8.47. The van der Waals surface area contributed by atoms with Gasteiger partial charge in [0.2, 0.25) is 5.91 Å². The molecule has 4 heterocycles. The number of rotatable bonds is 8. The molecule has 2 saturated heterocycles. The lowest BCUT2D eigenvalue weighted by Crippen LogP contribution is -2.34. The van der Waals surface area contributed by atoms with Gasteiger partial charge in [0.25, 0.3) is 5.91 Å². The van der Waals surface area contributed by atoms with Gasteiger partial charge < -0.3 is 15.5 Å². The molecule has 2 aliphatic heterocycles. The van der Waals surface area contributed by atoms with Crippen molar-refractivity contribution in [1.29, 1.82) is 0 Å². The SMILES string of the molecule is Cc1nn(-c2ccc(C(F)(F)F)cn2)c(C)c1C(=O)N1CC2CN(CC[C@@H](CC(N)=O)c3cccc(F)c3)CC2C1. The number of pyridine rings is 1. The zero-order chi connectivity index (χ0) is 29.5. The van der Waals surface area contributed by atoms with Crippen LogP contribution in [-0.4, -0.2) is 69.1 Å². The van der Waals surface area contributed by atoms with Crippen LogP contribution in [0.4, 0.5) is 17.6 Å². The van der Waals surface area contributed by atoms with Crippen molar-refractivity contribution in [2.24, 2.45) is 17.6 Å². The van der Waals surface area contributed by atoms with Crippen molar-refractivity contribution in [3.8, 4) is 5.82 Å². The largest absolute Gasteiger partial charge is 0.417 e. The van der Waals surface area contributed by atoms with E-state index in [9.17, 15) is 27.2 Å². The molecule has 5 rings (SSSR count). The van der Waals surface area contributed by atoms with Crippen molar-refractivity contribution >= 4 is 11.8 Å². The second-order valence-electron chi connectivity index (χ2n) is 11.1. The molecule has 218 valence electrons. The summed E-state index contributed by atoms with van der Waals surface area (Å²) in [7, 11) is 0. The normalized spacial score (nSPS) is 19.9. The summed E-state index contributed by atoms with van der Waals surface area (Å²) in [6.45, 7) is 6.98. The maximum atomic E-state index is 13.8. The van der Waals surface area contributed by atoms with Crippen LogP contribution in [0.15, 0.2) is 42.6 Å². The number of nitrogens with zero attached hydrogens (tertiary/aromatic N) is 5. The smallest absolute Gasteiger partial charge is 0.370 e. The Labute approximate surface area is 235 Å². The Morgan fingerprint density at radius 3 is 2.37 bits per heavy atom. The number of likely N-dealkylation sites (tertiary alicyclic amines) is 2. The average Bonchev–Trinajstić information content (AvgIpc) is 3.57. The molecule has 41 heavy (non-hydrogen) atoms. The second kappa shape index (κ2) is 11.2. The quantitative estimate of drug-likeness (QED) is 0.410. The van der Waals surface area contributed by atoms with E-state index >= 15 is 0 Å². The van der Waals surface area contributed by atoms with Crippen LogP contribution in [0, 0.1) is 31.5 Å². The number of aryl methyl sites for hydroxylation is 1. The molecule has 8 nitrogen and oxygen atoms in total. The number of hydrogen-bond donors (Lipinski definition) is 1. The van der Waals surface area contributed by atoms with Crippen LogP contribution in [-0.2, 0) is 11.0 Å². The highest BCUT2D eigenvalue weighted by Gasteiger charge is 2.42. The van der Waals surface area contributed by atoms with Crippen LogP contribution in [0.1, 0.15) is 51.6 Å². The molecular weight excluding hydrogens is 540 g/mol. The molecule has 3 aromatic rings. The molecule has 1 aromatic carbocycles. The van der Waals surface area contributed by atoms with Crippen molar-refractivity contribution in [3.05, 3.63) is 76.5 Å². The molecule has 0 radical (unpaired) electrons. The highest BCUT2D eigenvalue weighted by molar-refractivity contribution is 5.96. The Hall–Kier alpha value is -3.80. The van der Waals surface area contributed by atoms with Gasteiger partial charge >= 0.3 is 6.18 Å². The molecule has 2 amide bonds. The lowest BCUT2D eigenvalue weighted by molar-refractivity contribution is -0.137. The Balaban J connectivity index is 1.21. The molecule has 0 bridgehead atoms. The minimum atomic E-state index is -4.49. The molecule has 3 atom stereocenters. The predicted molar refractivity (Wildman–Crippen MR) is 143 cm³/mol. The van der Waals surface area contributed by atoms with Crippen molar-refractivity contribution < 1.29 is 27.2 Å².